The number of aliphatic hydroxyl groups is 4. The normalized spacial score (nSPS) is 34.7. The number of rotatable bonds is 6. The van der Waals surface area contributed by atoms with E-state index in [0.29, 0.717) is 30.9 Å². The summed E-state index contributed by atoms with van der Waals surface area (Å²) in [7, 11) is 0. The average molecular weight is 439 g/mol. The zero-order valence-electron chi connectivity index (χ0n) is 17.4. The van der Waals surface area contributed by atoms with E-state index in [1.807, 2.05) is 50.3 Å². The van der Waals surface area contributed by atoms with Crippen LogP contribution in [0.4, 0.5) is 0 Å². The number of halogens is 1. The average Bonchev–Trinajstić information content (AvgIpc) is 2.87. The van der Waals surface area contributed by atoms with Gasteiger partial charge >= 0.3 is 0 Å². The Balaban J connectivity index is 1.82. The molecule has 1 saturated heterocycles. The van der Waals surface area contributed by atoms with Gasteiger partial charge < -0.3 is 29.9 Å². The molecule has 0 radical (unpaired) electrons. The van der Waals surface area contributed by atoms with Crippen molar-refractivity contribution >= 4 is 11.6 Å². The van der Waals surface area contributed by atoms with Gasteiger partial charge in [0.05, 0.1) is 19.3 Å². The summed E-state index contributed by atoms with van der Waals surface area (Å²) in [5.74, 6) is 0.813. The van der Waals surface area contributed by atoms with Crippen molar-refractivity contribution in [3.05, 3.63) is 52.6 Å². The van der Waals surface area contributed by atoms with Crippen LogP contribution in [-0.4, -0.2) is 64.2 Å². The molecule has 166 valence electrons. The van der Waals surface area contributed by atoms with Crippen molar-refractivity contribution in [1.82, 2.24) is 0 Å². The summed E-state index contributed by atoms with van der Waals surface area (Å²) in [6.45, 7) is 4.08. The molecule has 1 aromatic carbocycles. The Morgan fingerprint density at radius 1 is 1.13 bits per heavy atom. The highest BCUT2D eigenvalue weighted by atomic mass is 35.5. The number of aliphatic hydroxyl groups excluding tert-OH is 4. The van der Waals surface area contributed by atoms with Gasteiger partial charge in [-0.3, -0.25) is 0 Å². The fourth-order valence-electron chi connectivity index (χ4n) is 4.35. The van der Waals surface area contributed by atoms with Crippen LogP contribution in [0, 0.1) is 5.41 Å². The summed E-state index contributed by atoms with van der Waals surface area (Å²) >= 11 is 6.56. The summed E-state index contributed by atoms with van der Waals surface area (Å²) in [5.41, 5.74) is 1.49. The Labute approximate surface area is 182 Å². The van der Waals surface area contributed by atoms with E-state index in [0.717, 1.165) is 16.9 Å². The van der Waals surface area contributed by atoms with Crippen LogP contribution in [0.2, 0.25) is 0 Å². The fraction of sp³-hybridized carbons (Fsp3) is 0.565. The van der Waals surface area contributed by atoms with Gasteiger partial charge in [-0.25, -0.2) is 0 Å². The molecule has 1 unspecified atom stereocenters. The van der Waals surface area contributed by atoms with Crippen LogP contribution < -0.4 is 4.74 Å². The minimum absolute atomic E-state index is 0.441. The first-order chi connectivity index (χ1) is 14.3. The van der Waals surface area contributed by atoms with Crippen molar-refractivity contribution in [2.75, 3.05) is 13.2 Å². The van der Waals surface area contributed by atoms with Crippen LogP contribution in [-0.2, 0) is 11.2 Å². The largest absolute Gasteiger partial charge is 0.494 e. The monoisotopic (exact) mass is 438 g/mol. The highest BCUT2D eigenvalue weighted by Gasteiger charge is 2.50. The molecular formula is C23H31ClO6. The van der Waals surface area contributed by atoms with Crippen molar-refractivity contribution in [3.63, 3.8) is 0 Å². The summed E-state index contributed by atoms with van der Waals surface area (Å²) < 4.78 is 11.4. The third-order valence-electron chi connectivity index (χ3n) is 6.03. The first kappa shape index (κ1) is 23.3. The fourth-order valence-corrected chi connectivity index (χ4v) is 4.57. The second kappa shape index (κ2) is 9.81. The van der Waals surface area contributed by atoms with E-state index >= 15 is 0 Å². The molecule has 0 saturated carbocycles. The molecule has 0 bridgehead atoms. The highest BCUT2D eigenvalue weighted by molar-refractivity contribution is 6.31. The van der Waals surface area contributed by atoms with Gasteiger partial charge in [0.2, 0.25) is 0 Å². The zero-order valence-corrected chi connectivity index (χ0v) is 18.1. The van der Waals surface area contributed by atoms with Gasteiger partial charge in [-0.05, 0) is 55.5 Å². The standard InChI is InChI=1S/C23H31ClO6/c1-3-29-16-8-6-14(7-9-16)11-15-12-23(2,10-4-5-17(15)24)22-21(28)20(27)19(26)18(13-25)30-22/h4-9,18-22,25-28H,3,10-13H2,1-2H3/t18-,19-,20+,21-,22-,23?/m1/s1. The van der Waals surface area contributed by atoms with Crippen LogP contribution in [0.1, 0.15) is 32.3 Å². The first-order valence-electron chi connectivity index (χ1n) is 10.4. The van der Waals surface area contributed by atoms with Gasteiger partial charge in [-0.2, -0.15) is 0 Å². The van der Waals surface area contributed by atoms with E-state index in [-0.39, 0.29) is 0 Å². The predicted octanol–water partition coefficient (Wildman–Crippen LogP) is 2.32. The Morgan fingerprint density at radius 2 is 1.83 bits per heavy atom. The second-order valence-electron chi connectivity index (χ2n) is 8.39. The molecule has 0 amide bonds. The van der Waals surface area contributed by atoms with Crippen molar-refractivity contribution in [2.45, 2.75) is 63.6 Å². The SMILES string of the molecule is CCOc1ccc(CC2=C(Cl)C=CCC(C)([C@@H]3O[C@H](CO)[C@@H](O)[C@H](O)[C@H]3O)C2)cc1. The molecule has 1 aromatic rings. The maximum Gasteiger partial charge on any atom is 0.119 e. The van der Waals surface area contributed by atoms with Crippen LogP contribution in [0.5, 0.6) is 5.75 Å². The Morgan fingerprint density at radius 3 is 2.47 bits per heavy atom. The van der Waals surface area contributed by atoms with Crippen molar-refractivity contribution in [3.8, 4) is 5.75 Å². The van der Waals surface area contributed by atoms with Crippen LogP contribution in [0.15, 0.2) is 47.0 Å². The lowest BCUT2D eigenvalue weighted by Gasteiger charge is -2.48. The van der Waals surface area contributed by atoms with Crippen molar-refractivity contribution in [1.29, 1.82) is 0 Å². The van der Waals surface area contributed by atoms with E-state index in [1.165, 1.54) is 0 Å². The summed E-state index contributed by atoms with van der Waals surface area (Å²) in [4.78, 5) is 0. The van der Waals surface area contributed by atoms with Crippen LogP contribution in [0.3, 0.4) is 0 Å². The predicted molar refractivity (Wildman–Crippen MR) is 114 cm³/mol. The van der Waals surface area contributed by atoms with E-state index in [9.17, 15) is 20.4 Å². The van der Waals surface area contributed by atoms with Gasteiger partial charge in [0, 0.05) is 10.4 Å². The molecule has 1 fully saturated rings. The van der Waals surface area contributed by atoms with Crippen molar-refractivity contribution < 1.29 is 29.9 Å². The van der Waals surface area contributed by atoms with Gasteiger partial charge in [-0.1, -0.05) is 36.7 Å². The number of hydrogen-bond donors (Lipinski definition) is 4. The third-order valence-corrected chi connectivity index (χ3v) is 6.43. The summed E-state index contributed by atoms with van der Waals surface area (Å²) in [5, 5.41) is 41.2. The number of allylic oxidation sites excluding steroid dienone is 4. The molecule has 0 spiro atoms. The second-order valence-corrected chi connectivity index (χ2v) is 8.80. The van der Waals surface area contributed by atoms with Gasteiger partial charge in [0.15, 0.2) is 0 Å². The maximum atomic E-state index is 10.6. The van der Waals surface area contributed by atoms with Gasteiger partial charge in [0.25, 0.3) is 0 Å². The molecule has 2 aliphatic rings. The topological polar surface area (TPSA) is 99.4 Å². The Bertz CT molecular complexity index is 774. The van der Waals surface area contributed by atoms with E-state index in [4.69, 9.17) is 21.1 Å². The molecule has 3 rings (SSSR count). The lowest BCUT2D eigenvalue weighted by Crippen LogP contribution is -2.62. The molecule has 4 N–H and O–H groups in total. The molecule has 7 heteroatoms. The molecule has 30 heavy (non-hydrogen) atoms. The number of hydrogen-bond acceptors (Lipinski definition) is 6. The first-order valence-corrected chi connectivity index (χ1v) is 10.7. The third kappa shape index (κ3) is 4.90. The molecule has 1 heterocycles. The minimum Gasteiger partial charge on any atom is -0.494 e. The number of ether oxygens (including phenoxy) is 2. The van der Waals surface area contributed by atoms with Crippen LogP contribution >= 0.6 is 11.6 Å². The molecular weight excluding hydrogens is 408 g/mol. The maximum absolute atomic E-state index is 10.6. The molecule has 1 aliphatic carbocycles. The van der Waals surface area contributed by atoms with Crippen LogP contribution in [0.25, 0.3) is 0 Å². The Kier molecular flexibility index (Phi) is 7.61. The quantitative estimate of drug-likeness (QED) is 0.544. The minimum atomic E-state index is -1.39. The van der Waals surface area contributed by atoms with Gasteiger partial charge in [-0.15, -0.1) is 0 Å². The molecule has 6 atom stereocenters. The lowest BCUT2D eigenvalue weighted by molar-refractivity contribution is -0.254. The number of benzene rings is 1. The highest BCUT2D eigenvalue weighted by Crippen LogP contribution is 2.44. The molecule has 0 aromatic heterocycles. The van der Waals surface area contributed by atoms with E-state index in [1.54, 1.807) is 0 Å². The molecule has 1 aliphatic heterocycles. The smallest absolute Gasteiger partial charge is 0.119 e. The van der Waals surface area contributed by atoms with E-state index < -0.39 is 42.5 Å². The zero-order chi connectivity index (χ0) is 21.9. The van der Waals surface area contributed by atoms with E-state index in [2.05, 4.69) is 0 Å². The Hall–Kier alpha value is -1.41. The van der Waals surface area contributed by atoms with Crippen molar-refractivity contribution in [2.24, 2.45) is 5.41 Å². The lowest BCUT2D eigenvalue weighted by atomic mass is 9.71. The van der Waals surface area contributed by atoms with Gasteiger partial charge in [0.1, 0.15) is 30.2 Å². The summed E-state index contributed by atoms with van der Waals surface area (Å²) in [6, 6.07) is 7.86. The molecule has 6 nitrogen and oxygen atoms in total. The summed E-state index contributed by atoms with van der Waals surface area (Å²) in [6.07, 6.45) is -0.189.